The minimum atomic E-state index is 0.132. The van der Waals surface area contributed by atoms with E-state index in [2.05, 4.69) is 20.9 Å². The fourth-order valence-corrected chi connectivity index (χ4v) is 1.94. The molecule has 1 heterocycles. The SMILES string of the molecule is CC(=O)Cc1nc2ccc(Br)cc2n1C. The van der Waals surface area contributed by atoms with Crippen LogP contribution in [0.25, 0.3) is 11.0 Å². The molecule has 0 bridgehead atoms. The molecule has 0 aliphatic carbocycles. The van der Waals surface area contributed by atoms with Crippen LogP contribution in [0.2, 0.25) is 0 Å². The Morgan fingerprint density at radius 1 is 1.53 bits per heavy atom. The quantitative estimate of drug-likeness (QED) is 0.837. The third kappa shape index (κ3) is 1.95. The average molecular weight is 267 g/mol. The number of hydrogen-bond acceptors (Lipinski definition) is 2. The van der Waals surface area contributed by atoms with Crippen molar-refractivity contribution in [2.45, 2.75) is 13.3 Å². The number of carbonyl (C=O) groups excluding carboxylic acids is 1. The summed E-state index contributed by atoms with van der Waals surface area (Å²) in [5.74, 6) is 0.947. The highest BCUT2D eigenvalue weighted by Gasteiger charge is 2.09. The van der Waals surface area contributed by atoms with Crippen molar-refractivity contribution >= 4 is 32.7 Å². The maximum atomic E-state index is 11.0. The summed E-state index contributed by atoms with van der Waals surface area (Å²) in [6.45, 7) is 1.58. The largest absolute Gasteiger partial charge is 0.331 e. The molecule has 0 unspecified atom stereocenters. The van der Waals surface area contributed by atoms with E-state index in [1.165, 1.54) is 0 Å². The van der Waals surface area contributed by atoms with Crippen molar-refractivity contribution in [3.8, 4) is 0 Å². The molecule has 0 fully saturated rings. The molecule has 4 heteroatoms. The van der Waals surface area contributed by atoms with Crippen molar-refractivity contribution in [3.63, 3.8) is 0 Å². The molecular formula is C11H11BrN2O. The van der Waals surface area contributed by atoms with E-state index in [1.54, 1.807) is 6.92 Å². The Bertz CT molecular complexity index is 531. The first-order valence-electron chi connectivity index (χ1n) is 4.68. The summed E-state index contributed by atoms with van der Waals surface area (Å²) in [6, 6.07) is 5.90. The van der Waals surface area contributed by atoms with Gasteiger partial charge in [0.1, 0.15) is 11.6 Å². The van der Waals surface area contributed by atoms with Crippen LogP contribution in [-0.2, 0) is 18.3 Å². The number of carbonyl (C=O) groups is 1. The van der Waals surface area contributed by atoms with Gasteiger partial charge in [-0.25, -0.2) is 4.98 Å². The number of aryl methyl sites for hydroxylation is 1. The van der Waals surface area contributed by atoms with Crippen LogP contribution in [0.15, 0.2) is 22.7 Å². The fraction of sp³-hybridized carbons (Fsp3) is 0.273. The lowest BCUT2D eigenvalue weighted by Crippen LogP contribution is -2.03. The zero-order valence-corrected chi connectivity index (χ0v) is 10.2. The second-order valence-electron chi connectivity index (χ2n) is 3.60. The highest BCUT2D eigenvalue weighted by atomic mass is 79.9. The molecule has 0 saturated heterocycles. The molecule has 15 heavy (non-hydrogen) atoms. The van der Waals surface area contributed by atoms with Gasteiger partial charge in [-0.1, -0.05) is 15.9 Å². The Morgan fingerprint density at radius 2 is 2.27 bits per heavy atom. The molecule has 0 saturated carbocycles. The molecule has 3 nitrogen and oxygen atoms in total. The number of nitrogens with zero attached hydrogens (tertiary/aromatic N) is 2. The summed E-state index contributed by atoms with van der Waals surface area (Å²) >= 11 is 3.42. The third-order valence-corrected chi connectivity index (χ3v) is 2.84. The first kappa shape index (κ1) is 10.4. The predicted molar refractivity (Wildman–Crippen MR) is 62.8 cm³/mol. The van der Waals surface area contributed by atoms with E-state index in [4.69, 9.17) is 0 Å². The minimum absolute atomic E-state index is 0.132. The van der Waals surface area contributed by atoms with Gasteiger partial charge in [0.15, 0.2) is 0 Å². The molecule has 2 aromatic rings. The molecule has 0 atom stereocenters. The molecule has 0 N–H and O–H groups in total. The van der Waals surface area contributed by atoms with Crippen molar-refractivity contribution in [3.05, 3.63) is 28.5 Å². The first-order valence-corrected chi connectivity index (χ1v) is 5.47. The van der Waals surface area contributed by atoms with E-state index in [-0.39, 0.29) is 5.78 Å². The molecule has 0 aliphatic heterocycles. The molecule has 78 valence electrons. The Kier molecular flexibility index (Phi) is 2.61. The molecule has 0 aliphatic rings. The van der Waals surface area contributed by atoms with Crippen LogP contribution in [0.4, 0.5) is 0 Å². The topological polar surface area (TPSA) is 34.9 Å². The summed E-state index contributed by atoms with van der Waals surface area (Å²) in [7, 11) is 1.93. The monoisotopic (exact) mass is 266 g/mol. The van der Waals surface area contributed by atoms with Gasteiger partial charge in [0.2, 0.25) is 0 Å². The maximum absolute atomic E-state index is 11.0. The standard InChI is InChI=1S/C11H11BrN2O/c1-7(15)5-11-13-9-4-3-8(12)6-10(9)14(11)2/h3-4,6H,5H2,1-2H3. The predicted octanol–water partition coefficient (Wildman–Crippen LogP) is 2.47. The lowest BCUT2D eigenvalue weighted by atomic mass is 10.3. The lowest BCUT2D eigenvalue weighted by Gasteiger charge is -1.99. The molecule has 0 amide bonds. The number of benzene rings is 1. The number of imidazole rings is 1. The smallest absolute Gasteiger partial charge is 0.137 e. The Hall–Kier alpha value is -1.16. The van der Waals surface area contributed by atoms with Gasteiger partial charge in [-0.05, 0) is 25.1 Å². The maximum Gasteiger partial charge on any atom is 0.137 e. The highest BCUT2D eigenvalue weighted by molar-refractivity contribution is 9.10. The van der Waals surface area contributed by atoms with Gasteiger partial charge in [0.25, 0.3) is 0 Å². The van der Waals surface area contributed by atoms with Crippen molar-refractivity contribution in [2.24, 2.45) is 7.05 Å². The molecule has 0 radical (unpaired) electrons. The van der Waals surface area contributed by atoms with Crippen LogP contribution >= 0.6 is 15.9 Å². The summed E-state index contributed by atoms with van der Waals surface area (Å²) in [4.78, 5) is 15.5. The van der Waals surface area contributed by atoms with E-state index in [9.17, 15) is 4.79 Å². The van der Waals surface area contributed by atoms with Gasteiger partial charge in [0.05, 0.1) is 17.5 Å². The van der Waals surface area contributed by atoms with Crippen LogP contribution in [0, 0.1) is 0 Å². The van der Waals surface area contributed by atoms with E-state index in [0.29, 0.717) is 6.42 Å². The van der Waals surface area contributed by atoms with Crippen molar-refractivity contribution < 1.29 is 4.79 Å². The summed E-state index contributed by atoms with van der Waals surface area (Å²) in [5, 5.41) is 0. The van der Waals surface area contributed by atoms with Gasteiger partial charge < -0.3 is 4.57 Å². The zero-order chi connectivity index (χ0) is 11.0. The highest BCUT2D eigenvalue weighted by Crippen LogP contribution is 2.20. The van der Waals surface area contributed by atoms with Gasteiger partial charge in [-0.15, -0.1) is 0 Å². The van der Waals surface area contributed by atoms with Crippen molar-refractivity contribution in [1.82, 2.24) is 9.55 Å². The van der Waals surface area contributed by atoms with Gasteiger partial charge >= 0.3 is 0 Å². The molecule has 0 spiro atoms. The third-order valence-electron chi connectivity index (χ3n) is 2.34. The Morgan fingerprint density at radius 3 is 2.93 bits per heavy atom. The summed E-state index contributed by atoms with van der Waals surface area (Å²) < 4.78 is 2.98. The summed E-state index contributed by atoms with van der Waals surface area (Å²) in [6.07, 6.45) is 0.392. The van der Waals surface area contributed by atoms with Crippen molar-refractivity contribution in [1.29, 1.82) is 0 Å². The molecule has 1 aromatic carbocycles. The normalized spacial score (nSPS) is 10.9. The van der Waals surface area contributed by atoms with E-state index >= 15 is 0 Å². The Labute approximate surface area is 96.2 Å². The second kappa shape index (κ2) is 3.77. The molecule has 2 rings (SSSR count). The molecular weight excluding hydrogens is 256 g/mol. The van der Waals surface area contributed by atoms with Crippen LogP contribution < -0.4 is 0 Å². The number of rotatable bonds is 2. The zero-order valence-electron chi connectivity index (χ0n) is 8.62. The first-order chi connectivity index (χ1) is 7.08. The summed E-state index contributed by atoms with van der Waals surface area (Å²) in [5.41, 5.74) is 1.97. The average Bonchev–Trinajstić information content (AvgIpc) is 2.44. The van der Waals surface area contributed by atoms with Gasteiger partial charge in [-0.2, -0.15) is 0 Å². The fourth-order valence-electron chi connectivity index (χ4n) is 1.59. The number of ketones is 1. The lowest BCUT2D eigenvalue weighted by molar-refractivity contribution is -0.116. The minimum Gasteiger partial charge on any atom is -0.331 e. The van der Waals surface area contributed by atoms with E-state index < -0.39 is 0 Å². The van der Waals surface area contributed by atoms with Crippen LogP contribution in [-0.4, -0.2) is 15.3 Å². The van der Waals surface area contributed by atoms with Gasteiger partial charge in [-0.3, -0.25) is 4.79 Å². The van der Waals surface area contributed by atoms with Crippen LogP contribution in [0.1, 0.15) is 12.7 Å². The van der Waals surface area contributed by atoms with Gasteiger partial charge in [0, 0.05) is 11.5 Å². The van der Waals surface area contributed by atoms with E-state index in [0.717, 1.165) is 21.3 Å². The van der Waals surface area contributed by atoms with E-state index in [1.807, 2.05) is 29.8 Å². The number of Topliss-reactive ketones (excluding diaryl/α,β-unsaturated/α-hetero) is 1. The number of halogens is 1. The van der Waals surface area contributed by atoms with Crippen molar-refractivity contribution in [2.75, 3.05) is 0 Å². The second-order valence-corrected chi connectivity index (χ2v) is 4.51. The number of aromatic nitrogens is 2. The molecule has 1 aromatic heterocycles. The van der Waals surface area contributed by atoms with Crippen LogP contribution in [0.5, 0.6) is 0 Å². The van der Waals surface area contributed by atoms with Crippen LogP contribution in [0.3, 0.4) is 0 Å². The number of fused-ring (bicyclic) bond motifs is 1. The number of hydrogen-bond donors (Lipinski definition) is 0. The Balaban J connectivity index is 2.59.